The Balaban J connectivity index is 1.41. The first kappa shape index (κ1) is 15.0. The summed E-state index contributed by atoms with van der Waals surface area (Å²) in [6.45, 7) is 2.94. The number of piperidine rings is 1. The highest BCUT2D eigenvalue weighted by Crippen LogP contribution is 2.44. The molecule has 6 nitrogen and oxygen atoms in total. The van der Waals surface area contributed by atoms with Gasteiger partial charge >= 0.3 is 0 Å². The van der Waals surface area contributed by atoms with Gasteiger partial charge in [-0.2, -0.15) is 0 Å². The number of nitrogens with one attached hydrogen (secondary N) is 1. The number of nitrogens with two attached hydrogens (primary N) is 1. The topological polar surface area (TPSA) is 84.1 Å². The fourth-order valence-corrected chi connectivity index (χ4v) is 3.55. The van der Waals surface area contributed by atoms with Crippen molar-refractivity contribution in [2.24, 2.45) is 17.6 Å². The summed E-state index contributed by atoms with van der Waals surface area (Å²) >= 11 is 0. The first-order chi connectivity index (χ1) is 11.2. The molecule has 1 amide bonds. The summed E-state index contributed by atoms with van der Waals surface area (Å²) in [5, 5.41) is 3.20. The first-order valence-electron chi connectivity index (χ1n) is 8.74. The SMILES string of the molecule is N[C@@H]1CCN(CC2CC2)C[C@H]1C(=O)NC1(c2ncccn2)CC1. The molecular weight excluding hydrogens is 290 g/mol. The van der Waals surface area contributed by atoms with Crippen molar-refractivity contribution >= 4 is 5.91 Å². The zero-order valence-electron chi connectivity index (χ0n) is 13.4. The Bertz CT molecular complexity index is 570. The molecule has 0 bridgehead atoms. The Morgan fingerprint density at radius 3 is 2.70 bits per heavy atom. The number of carbonyl (C=O) groups is 1. The Hall–Kier alpha value is -1.53. The molecule has 23 heavy (non-hydrogen) atoms. The Kier molecular flexibility index (Phi) is 3.81. The van der Waals surface area contributed by atoms with Crippen molar-refractivity contribution in [1.29, 1.82) is 0 Å². The molecule has 2 atom stereocenters. The maximum Gasteiger partial charge on any atom is 0.226 e. The van der Waals surface area contributed by atoms with Crippen LogP contribution in [0.3, 0.4) is 0 Å². The van der Waals surface area contributed by atoms with E-state index in [9.17, 15) is 4.79 Å². The van der Waals surface area contributed by atoms with Crippen LogP contribution in [0.15, 0.2) is 18.5 Å². The third kappa shape index (κ3) is 3.23. The van der Waals surface area contributed by atoms with E-state index in [4.69, 9.17) is 5.73 Å². The molecule has 1 aromatic rings. The second-order valence-electron chi connectivity index (χ2n) is 7.41. The fraction of sp³-hybridized carbons (Fsp3) is 0.706. The monoisotopic (exact) mass is 315 g/mol. The van der Waals surface area contributed by atoms with Gasteiger partial charge in [0.05, 0.1) is 11.5 Å². The molecule has 4 rings (SSSR count). The largest absolute Gasteiger partial charge is 0.343 e. The van der Waals surface area contributed by atoms with E-state index in [-0.39, 0.29) is 23.4 Å². The van der Waals surface area contributed by atoms with Crippen LogP contribution in [0.4, 0.5) is 0 Å². The van der Waals surface area contributed by atoms with Crippen LogP contribution < -0.4 is 11.1 Å². The van der Waals surface area contributed by atoms with Crippen molar-refractivity contribution in [3.05, 3.63) is 24.3 Å². The molecule has 0 aromatic carbocycles. The Morgan fingerprint density at radius 2 is 2.04 bits per heavy atom. The minimum atomic E-state index is -0.350. The molecule has 2 heterocycles. The molecule has 6 heteroatoms. The number of hydrogen-bond donors (Lipinski definition) is 2. The van der Waals surface area contributed by atoms with Crippen LogP contribution in [0.2, 0.25) is 0 Å². The van der Waals surface area contributed by atoms with E-state index in [1.807, 2.05) is 0 Å². The first-order valence-corrected chi connectivity index (χ1v) is 8.74. The summed E-state index contributed by atoms with van der Waals surface area (Å²) in [5.74, 6) is 1.53. The van der Waals surface area contributed by atoms with Gasteiger partial charge in [0.25, 0.3) is 0 Å². The summed E-state index contributed by atoms with van der Waals surface area (Å²) in [7, 11) is 0. The maximum absolute atomic E-state index is 12.8. The lowest BCUT2D eigenvalue weighted by molar-refractivity contribution is -0.128. The van der Waals surface area contributed by atoms with E-state index in [0.717, 1.165) is 50.6 Å². The average Bonchev–Trinajstić information content (AvgIpc) is 3.47. The van der Waals surface area contributed by atoms with Crippen LogP contribution in [0, 0.1) is 11.8 Å². The third-order valence-corrected chi connectivity index (χ3v) is 5.41. The second-order valence-corrected chi connectivity index (χ2v) is 7.41. The second kappa shape index (κ2) is 5.83. The smallest absolute Gasteiger partial charge is 0.226 e. The summed E-state index contributed by atoms with van der Waals surface area (Å²) in [6.07, 6.45) is 8.88. The summed E-state index contributed by atoms with van der Waals surface area (Å²) in [6, 6.07) is 1.76. The molecule has 0 radical (unpaired) electrons. The van der Waals surface area contributed by atoms with Crippen LogP contribution in [0.5, 0.6) is 0 Å². The molecule has 1 aliphatic heterocycles. The Morgan fingerprint density at radius 1 is 1.30 bits per heavy atom. The summed E-state index contributed by atoms with van der Waals surface area (Å²) < 4.78 is 0. The lowest BCUT2D eigenvalue weighted by Gasteiger charge is -2.36. The van der Waals surface area contributed by atoms with Crippen molar-refractivity contribution in [3.63, 3.8) is 0 Å². The summed E-state index contributed by atoms with van der Waals surface area (Å²) in [5.41, 5.74) is 5.90. The molecule has 0 unspecified atom stereocenters. The van der Waals surface area contributed by atoms with Crippen LogP contribution in [0.1, 0.15) is 37.9 Å². The van der Waals surface area contributed by atoms with Crippen LogP contribution >= 0.6 is 0 Å². The molecule has 3 fully saturated rings. The minimum Gasteiger partial charge on any atom is -0.343 e. The minimum absolute atomic E-state index is 0.0436. The highest BCUT2D eigenvalue weighted by atomic mass is 16.2. The number of nitrogens with zero attached hydrogens (tertiary/aromatic N) is 3. The highest BCUT2D eigenvalue weighted by Gasteiger charge is 2.49. The van der Waals surface area contributed by atoms with Gasteiger partial charge in [-0.25, -0.2) is 9.97 Å². The molecule has 2 saturated carbocycles. The van der Waals surface area contributed by atoms with E-state index >= 15 is 0 Å². The Labute approximate surface area is 136 Å². The van der Waals surface area contributed by atoms with Gasteiger partial charge in [0.2, 0.25) is 5.91 Å². The highest BCUT2D eigenvalue weighted by molar-refractivity contribution is 5.81. The predicted octanol–water partition coefficient (Wildman–Crippen LogP) is 0.641. The van der Waals surface area contributed by atoms with E-state index in [2.05, 4.69) is 20.2 Å². The van der Waals surface area contributed by atoms with Gasteiger partial charge in [-0.05, 0) is 50.6 Å². The molecule has 3 N–H and O–H groups in total. The number of carbonyl (C=O) groups excluding carboxylic acids is 1. The average molecular weight is 315 g/mol. The van der Waals surface area contributed by atoms with Crippen LogP contribution in [0.25, 0.3) is 0 Å². The van der Waals surface area contributed by atoms with Crippen LogP contribution in [-0.2, 0) is 10.3 Å². The van der Waals surface area contributed by atoms with Crippen molar-refractivity contribution < 1.29 is 4.79 Å². The third-order valence-electron chi connectivity index (χ3n) is 5.41. The van der Waals surface area contributed by atoms with Gasteiger partial charge in [-0.15, -0.1) is 0 Å². The van der Waals surface area contributed by atoms with Gasteiger partial charge in [0.1, 0.15) is 0 Å². The van der Waals surface area contributed by atoms with E-state index < -0.39 is 0 Å². The predicted molar refractivity (Wildman–Crippen MR) is 86.3 cm³/mol. The standard InChI is InChI=1S/C17H25N5O/c18-14-4-9-22(10-12-2-3-12)11-13(14)15(23)21-17(5-6-17)16-19-7-1-8-20-16/h1,7-8,12-14H,2-6,9-11,18H2,(H,21,23)/t13-,14-/m1/s1. The van der Waals surface area contributed by atoms with Crippen molar-refractivity contribution in [2.45, 2.75) is 43.7 Å². The van der Waals surface area contributed by atoms with Crippen LogP contribution in [-0.4, -0.2) is 46.5 Å². The zero-order valence-corrected chi connectivity index (χ0v) is 13.4. The number of hydrogen-bond acceptors (Lipinski definition) is 5. The fourth-order valence-electron chi connectivity index (χ4n) is 3.55. The lowest BCUT2D eigenvalue weighted by Crippen LogP contribution is -2.55. The number of rotatable bonds is 5. The van der Waals surface area contributed by atoms with Gasteiger partial charge in [0.15, 0.2) is 5.82 Å². The van der Waals surface area contributed by atoms with Gasteiger partial charge in [-0.1, -0.05) is 0 Å². The van der Waals surface area contributed by atoms with Gasteiger partial charge in [0, 0.05) is 31.5 Å². The zero-order chi connectivity index (χ0) is 15.9. The van der Waals surface area contributed by atoms with Crippen molar-refractivity contribution in [1.82, 2.24) is 20.2 Å². The van der Waals surface area contributed by atoms with Crippen molar-refractivity contribution in [2.75, 3.05) is 19.6 Å². The van der Waals surface area contributed by atoms with Gasteiger partial charge < -0.3 is 16.0 Å². The van der Waals surface area contributed by atoms with Gasteiger partial charge in [-0.3, -0.25) is 4.79 Å². The number of aromatic nitrogens is 2. The maximum atomic E-state index is 12.8. The molecule has 1 saturated heterocycles. The quantitative estimate of drug-likeness (QED) is 0.833. The normalized spacial score (nSPS) is 30.0. The molecule has 1 aromatic heterocycles. The molecule has 0 spiro atoms. The number of likely N-dealkylation sites (tertiary alicyclic amines) is 1. The summed E-state index contributed by atoms with van der Waals surface area (Å²) in [4.78, 5) is 23.9. The van der Waals surface area contributed by atoms with E-state index in [1.165, 1.54) is 12.8 Å². The molecular formula is C17H25N5O. The van der Waals surface area contributed by atoms with E-state index in [0.29, 0.717) is 0 Å². The number of amides is 1. The van der Waals surface area contributed by atoms with Crippen molar-refractivity contribution in [3.8, 4) is 0 Å². The lowest BCUT2D eigenvalue weighted by atomic mass is 9.91. The molecule has 124 valence electrons. The molecule has 2 aliphatic carbocycles. The van der Waals surface area contributed by atoms with E-state index in [1.54, 1.807) is 18.5 Å². The molecule has 3 aliphatic rings.